The van der Waals surface area contributed by atoms with Crippen molar-refractivity contribution < 1.29 is 10.2 Å². The number of aliphatic hydroxyl groups is 1. The van der Waals surface area contributed by atoms with E-state index in [0.29, 0.717) is 0 Å². The predicted octanol–water partition coefficient (Wildman–Crippen LogP) is 5.17. The summed E-state index contributed by atoms with van der Waals surface area (Å²) in [6.07, 6.45) is 5.55. The average Bonchev–Trinajstić information content (AvgIpc) is 2.41. The number of para-hydroxylation sites is 1. The number of allylic oxidation sites excluding steroid dienone is 2. The molecule has 2 rings (SSSR count). The highest BCUT2D eigenvalue weighted by molar-refractivity contribution is 8.01. The molecule has 1 aliphatic carbocycles. The molecule has 2 N–H and O–H groups in total. The molecule has 0 saturated carbocycles. The van der Waals surface area contributed by atoms with Crippen LogP contribution in [0.4, 0.5) is 0 Å². The molecular formula is C20H28O2S. The maximum absolute atomic E-state index is 11.3. The molecule has 0 bridgehead atoms. The summed E-state index contributed by atoms with van der Waals surface area (Å²) in [5.41, 5.74) is 0.721. The van der Waals surface area contributed by atoms with Gasteiger partial charge >= 0.3 is 0 Å². The molecule has 0 fully saturated rings. The first-order valence-corrected chi connectivity index (χ1v) is 8.86. The number of phenols is 1. The summed E-state index contributed by atoms with van der Waals surface area (Å²) in [5.74, 6) is 0.258. The van der Waals surface area contributed by atoms with Crippen molar-refractivity contribution in [2.24, 2.45) is 10.8 Å². The van der Waals surface area contributed by atoms with Crippen LogP contribution in [0, 0.1) is 10.8 Å². The van der Waals surface area contributed by atoms with Crippen LogP contribution in [-0.4, -0.2) is 21.1 Å². The van der Waals surface area contributed by atoms with Crippen LogP contribution < -0.4 is 0 Å². The van der Waals surface area contributed by atoms with Crippen molar-refractivity contribution in [2.75, 3.05) is 0 Å². The Labute approximate surface area is 144 Å². The van der Waals surface area contributed by atoms with Crippen molar-refractivity contribution >= 4 is 11.8 Å². The summed E-state index contributed by atoms with van der Waals surface area (Å²) in [5, 5.41) is 21.5. The second kappa shape index (κ2) is 6.03. The zero-order chi connectivity index (χ0) is 17.5. The van der Waals surface area contributed by atoms with Crippen LogP contribution in [0.5, 0.6) is 5.75 Å². The fraction of sp³-hybridized carbons (Fsp3) is 0.500. The first-order chi connectivity index (χ1) is 10.5. The topological polar surface area (TPSA) is 40.5 Å². The number of hydrogen-bond acceptors (Lipinski definition) is 3. The van der Waals surface area contributed by atoms with Gasteiger partial charge in [-0.15, -0.1) is 11.8 Å². The fourth-order valence-corrected chi connectivity index (χ4v) is 4.37. The van der Waals surface area contributed by atoms with Gasteiger partial charge in [0.15, 0.2) is 0 Å². The summed E-state index contributed by atoms with van der Waals surface area (Å²) < 4.78 is -0.538. The molecular weight excluding hydrogens is 304 g/mol. The van der Waals surface area contributed by atoms with Crippen molar-refractivity contribution in [3.8, 4) is 5.75 Å². The number of aliphatic hydroxyl groups excluding tert-OH is 1. The molecule has 1 aromatic rings. The maximum atomic E-state index is 11.3. The standard InChI is InChI=1S/C20H28O2S/c1-18(2,3)14-10-9-13-20(17(14)22,19(4,5)6)23-16-12-8-7-11-15(16)21/h7-13,17,21-22H,1-6H3. The molecule has 3 heteroatoms. The molecule has 23 heavy (non-hydrogen) atoms. The zero-order valence-corrected chi connectivity index (χ0v) is 15.7. The molecule has 0 saturated heterocycles. The highest BCUT2D eigenvalue weighted by Crippen LogP contribution is 2.55. The SMILES string of the molecule is CC(C)(C)C1=CC=CC(Sc2ccccc2O)(C(C)(C)C)C1O. The molecule has 2 nitrogen and oxygen atoms in total. The minimum absolute atomic E-state index is 0.111. The maximum Gasteiger partial charge on any atom is 0.129 e. The Morgan fingerprint density at radius 1 is 1.04 bits per heavy atom. The van der Waals surface area contributed by atoms with Gasteiger partial charge in [-0.25, -0.2) is 0 Å². The minimum atomic E-state index is -0.614. The van der Waals surface area contributed by atoms with Gasteiger partial charge in [-0.2, -0.15) is 0 Å². The lowest BCUT2D eigenvalue weighted by molar-refractivity contribution is 0.105. The zero-order valence-electron chi connectivity index (χ0n) is 14.9. The Bertz CT molecular complexity index is 632. The van der Waals surface area contributed by atoms with Crippen molar-refractivity contribution in [3.63, 3.8) is 0 Å². The van der Waals surface area contributed by atoms with E-state index in [1.54, 1.807) is 17.8 Å². The Morgan fingerprint density at radius 3 is 2.17 bits per heavy atom. The van der Waals surface area contributed by atoms with Gasteiger partial charge in [0, 0.05) is 0 Å². The molecule has 2 atom stereocenters. The Hall–Kier alpha value is -1.19. The molecule has 0 radical (unpaired) electrons. The van der Waals surface area contributed by atoms with E-state index in [0.717, 1.165) is 10.5 Å². The third kappa shape index (κ3) is 3.36. The van der Waals surface area contributed by atoms with E-state index >= 15 is 0 Å². The number of thioether (sulfide) groups is 1. The van der Waals surface area contributed by atoms with Crippen LogP contribution in [-0.2, 0) is 0 Å². The normalized spacial score (nSPS) is 25.3. The van der Waals surface area contributed by atoms with E-state index in [9.17, 15) is 10.2 Å². The fourth-order valence-electron chi connectivity index (χ4n) is 3.00. The first-order valence-electron chi connectivity index (χ1n) is 8.04. The van der Waals surface area contributed by atoms with Gasteiger partial charge in [-0.05, 0) is 28.5 Å². The Kier molecular flexibility index (Phi) is 4.76. The van der Waals surface area contributed by atoms with E-state index < -0.39 is 10.9 Å². The van der Waals surface area contributed by atoms with E-state index in [1.165, 1.54) is 0 Å². The Morgan fingerprint density at radius 2 is 1.65 bits per heavy atom. The van der Waals surface area contributed by atoms with Gasteiger partial charge in [-0.3, -0.25) is 0 Å². The van der Waals surface area contributed by atoms with E-state index in [-0.39, 0.29) is 16.6 Å². The molecule has 0 amide bonds. The number of aromatic hydroxyl groups is 1. The summed E-state index contributed by atoms with van der Waals surface area (Å²) in [7, 11) is 0. The lowest BCUT2D eigenvalue weighted by atomic mass is 9.68. The minimum Gasteiger partial charge on any atom is -0.507 e. The third-order valence-corrected chi connectivity index (χ3v) is 6.38. The lowest BCUT2D eigenvalue weighted by Gasteiger charge is -2.49. The van der Waals surface area contributed by atoms with Crippen LogP contribution in [0.15, 0.2) is 53.0 Å². The summed E-state index contributed by atoms with van der Waals surface area (Å²) in [4.78, 5) is 0.793. The molecule has 1 aliphatic rings. The van der Waals surface area contributed by atoms with Crippen molar-refractivity contribution in [2.45, 2.75) is 57.3 Å². The number of rotatable bonds is 2. The smallest absolute Gasteiger partial charge is 0.129 e. The first kappa shape index (κ1) is 18.2. The Balaban J connectivity index is 2.53. The van der Waals surface area contributed by atoms with Gasteiger partial charge in [-0.1, -0.05) is 71.9 Å². The molecule has 0 spiro atoms. The number of phenolic OH excluding ortho intramolecular Hbond substituents is 1. The predicted molar refractivity (Wildman–Crippen MR) is 98.8 cm³/mol. The van der Waals surface area contributed by atoms with Crippen molar-refractivity contribution in [1.29, 1.82) is 0 Å². The highest BCUT2D eigenvalue weighted by Gasteiger charge is 2.50. The van der Waals surface area contributed by atoms with Crippen LogP contribution in [0.1, 0.15) is 41.5 Å². The molecule has 0 aliphatic heterocycles. The summed E-state index contributed by atoms with van der Waals surface area (Å²) >= 11 is 1.55. The van der Waals surface area contributed by atoms with Gasteiger partial charge in [0.2, 0.25) is 0 Å². The van der Waals surface area contributed by atoms with Crippen LogP contribution in [0.2, 0.25) is 0 Å². The van der Waals surface area contributed by atoms with Gasteiger partial charge in [0.05, 0.1) is 15.7 Å². The van der Waals surface area contributed by atoms with Gasteiger partial charge in [0.1, 0.15) is 5.75 Å². The monoisotopic (exact) mass is 332 g/mol. The second-order valence-electron chi connectivity index (χ2n) is 8.25. The van der Waals surface area contributed by atoms with E-state index in [1.807, 2.05) is 30.4 Å². The third-order valence-electron chi connectivity index (χ3n) is 4.50. The molecule has 0 aromatic heterocycles. The molecule has 1 aromatic carbocycles. The van der Waals surface area contributed by atoms with Crippen molar-refractivity contribution in [3.05, 3.63) is 48.1 Å². The van der Waals surface area contributed by atoms with Crippen LogP contribution >= 0.6 is 11.8 Å². The average molecular weight is 333 g/mol. The van der Waals surface area contributed by atoms with Crippen molar-refractivity contribution in [1.82, 2.24) is 0 Å². The van der Waals surface area contributed by atoms with Gasteiger partial charge < -0.3 is 10.2 Å². The van der Waals surface area contributed by atoms with Gasteiger partial charge in [0.25, 0.3) is 0 Å². The van der Waals surface area contributed by atoms with Crippen LogP contribution in [0.25, 0.3) is 0 Å². The number of hydrogen-bond donors (Lipinski definition) is 2. The number of benzene rings is 1. The summed E-state index contributed by atoms with van der Waals surface area (Å²) in [6, 6.07) is 7.33. The molecule has 0 heterocycles. The second-order valence-corrected chi connectivity index (χ2v) is 9.57. The van der Waals surface area contributed by atoms with E-state index in [4.69, 9.17) is 0 Å². The quantitative estimate of drug-likeness (QED) is 0.784. The molecule has 126 valence electrons. The highest BCUT2D eigenvalue weighted by atomic mass is 32.2. The van der Waals surface area contributed by atoms with E-state index in [2.05, 4.69) is 47.6 Å². The van der Waals surface area contributed by atoms with Crippen LogP contribution in [0.3, 0.4) is 0 Å². The largest absolute Gasteiger partial charge is 0.507 e. The molecule has 2 unspecified atom stereocenters. The summed E-state index contributed by atoms with van der Waals surface area (Å²) in [6.45, 7) is 12.8. The lowest BCUT2D eigenvalue weighted by Crippen LogP contribution is -2.51.